The molecule has 0 bridgehead atoms. The maximum Gasteiger partial charge on any atom is 0.349 e. The highest BCUT2D eigenvalue weighted by molar-refractivity contribution is 7.21. The van der Waals surface area contributed by atoms with Gasteiger partial charge in [-0.1, -0.05) is 25.5 Å². The van der Waals surface area contributed by atoms with Gasteiger partial charge in [0, 0.05) is 10.1 Å². The second-order valence-corrected chi connectivity index (χ2v) is 8.72. The summed E-state index contributed by atoms with van der Waals surface area (Å²) in [6.07, 6.45) is 3.75. The Labute approximate surface area is 168 Å². The average Bonchev–Trinajstić information content (AvgIpc) is 3.25. The van der Waals surface area contributed by atoms with Crippen LogP contribution < -0.4 is 9.47 Å². The molecule has 1 aliphatic rings. The summed E-state index contributed by atoms with van der Waals surface area (Å²) in [7, 11) is 1.61. The van der Waals surface area contributed by atoms with E-state index in [0.29, 0.717) is 17.4 Å². The van der Waals surface area contributed by atoms with E-state index >= 15 is 0 Å². The lowest BCUT2D eigenvalue weighted by Gasteiger charge is -2.12. The molecule has 2 aromatic carbocycles. The van der Waals surface area contributed by atoms with Crippen molar-refractivity contribution in [2.45, 2.75) is 39.0 Å². The Morgan fingerprint density at radius 3 is 2.54 bits per heavy atom. The van der Waals surface area contributed by atoms with Crippen molar-refractivity contribution in [1.29, 1.82) is 0 Å². The van der Waals surface area contributed by atoms with Crippen LogP contribution >= 0.6 is 11.3 Å². The first-order chi connectivity index (χ1) is 13.5. The quantitative estimate of drug-likeness (QED) is 0.527. The van der Waals surface area contributed by atoms with Crippen molar-refractivity contribution in [1.82, 2.24) is 0 Å². The summed E-state index contributed by atoms with van der Waals surface area (Å²) in [6, 6.07) is 11.9. The third-order valence-electron chi connectivity index (χ3n) is 5.62. The van der Waals surface area contributed by atoms with Gasteiger partial charge in [0.2, 0.25) is 0 Å². The molecule has 1 aromatic heterocycles. The molecule has 4 rings (SSSR count). The Morgan fingerprint density at radius 1 is 1.18 bits per heavy atom. The minimum Gasteiger partial charge on any atom is -0.496 e. The van der Waals surface area contributed by atoms with Crippen LogP contribution in [-0.4, -0.2) is 18.2 Å². The molecular weight excluding hydrogens is 372 g/mol. The van der Waals surface area contributed by atoms with Gasteiger partial charge in [0.25, 0.3) is 0 Å². The Bertz CT molecular complexity index is 1020. The highest BCUT2D eigenvalue weighted by atomic mass is 32.1. The smallest absolute Gasteiger partial charge is 0.349 e. The van der Waals surface area contributed by atoms with Crippen LogP contribution in [-0.2, 0) is 0 Å². The first kappa shape index (κ1) is 18.8. The topological polar surface area (TPSA) is 55.8 Å². The number of hydrogen-bond acceptors (Lipinski definition) is 4. The van der Waals surface area contributed by atoms with Gasteiger partial charge in [0.1, 0.15) is 11.5 Å². The summed E-state index contributed by atoms with van der Waals surface area (Å²) in [4.78, 5) is 12.0. The second kappa shape index (κ2) is 7.47. The van der Waals surface area contributed by atoms with Gasteiger partial charge in [0.05, 0.1) is 7.11 Å². The number of rotatable bonds is 5. The highest BCUT2D eigenvalue weighted by Crippen LogP contribution is 2.43. The number of fused-ring (bicyclic) bond motifs is 1. The number of carbonyl (C=O) groups is 1. The standard InChI is InChI=1S/C23H24O4S/c1-13-4-5-16(10-13)15-6-8-17(9-7-15)27-21-18-12-19(26-3)14(2)11-20(18)28-22(21)23(24)25/h6-9,11-13,16H,4-5,10H2,1-3H3,(H,24,25). The van der Waals surface area contributed by atoms with Gasteiger partial charge in [-0.25, -0.2) is 4.79 Å². The van der Waals surface area contributed by atoms with E-state index in [1.165, 1.54) is 36.2 Å². The minimum atomic E-state index is -0.982. The van der Waals surface area contributed by atoms with Crippen LogP contribution in [0, 0.1) is 12.8 Å². The molecule has 0 spiro atoms. The third kappa shape index (κ3) is 3.47. The predicted molar refractivity (Wildman–Crippen MR) is 112 cm³/mol. The van der Waals surface area contributed by atoms with Crippen molar-refractivity contribution >= 4 is 27.4 Å². The lowest BCUT2D eigenvalue weighted by atomic mass is 9.97. The number of carboxylic acid groups (broad SMARTS) is 1. The molecule has 1 heterocycles. The number of aryl methyl sites for hydroxylation is 1. The maximum absolute atomic E-state index is 11.8. The minimum absolute atomic E-state index is 0.205. The van der Waals surface area contributed by atoms with Crippen LogP contribution in [0.15, 0.2) is 36.4 Å². The largest absolute Gasteiger partial charge is 0.496 e. The molecule has 1 saturated carbocycles. The van der Waals surface area contributed by atoms with Crippen molar-refractivity contribution in [2.75, 3.05) is 7.11 Å². The van der Waals surface area contributed by atoms with Crippen LogP contribution in [0.2, 0.25) is 0 Å². The molecule has 0 amide bonds. The molecule has 0 saturated heterocycles. The SMILES string of the molecule is COc1cc2c(Oc3ccc(C4CCC(C)C4)cc3)c(C(=O)O)sc2cc1C. The Hall–Kier alpha value is -2.53. The van der Waals surface area contributed by atoms with E-state index in [0.717, 1.165) is 27.3 Å². The fourth-order valence-corrected chi connectivity index (χ4v) is 5.15. The van der Waals surface area contributed by atoms with E-state index < -0.39 is 5.97 Å². The summed E-state index contributed by atoms with van der Waals surface area (Å²) in [5, 5.41) is 10.4. The lowest BCUT2D eigenvalue weighted by molar-refractivity contribution is 0.0700. The molecule has 1 N–H and O–H groups in total. The van der Waals surface area contributed by atoms with Crippen LogP contribution in [0.3, 0.4) is 0 Å². The number of carboxylic acids is 1. The molecular formula is C23H24O4S. The molecule has 2 unspecified atom stereocenters. The van der Waals surface area contributed by atoms with E-state index in [-0.39, 0.29) is 4.88 Å². The van der Waals surface area contributed by atoms with E-state index in [4.69, 9.17) is 9.47 Å². The average molecular weight is 397 g/mol. The highest BCUT2D eigenvalue weighted by Gasteiger charge is 2.24. The van der Waals surface area contributed by atoms with Gasteiger partial charge >= 0.3 is 5.97 Å². The zero-order chi connectivity index (χ0) is 19.8. The predicted octanol–water partition coefficient (Wildman–Crippen LogP) is 6.61. The van der Waals surface area contributed by atoms with Gasteiger partial charge in [-0.3, -0.25) is 0 Å². The van der Waals surface area contributed by atoms with Gasteiger partial charge in [-0.05, 0) is 67.0 Å². The number of hydrogen-bond donors (Lipinski definition) is 1. The summed E-state index contributed by atoms with van der Waals surface area (Å²) >= 11 is 1.23. The molecule has 4 nitrogen and oxygen atoms in total. The molecule has 3 aromatic rings. The van der Waals surface area contributed by atoms with Crippen molar-refractivity contribution in [3.05, 3.63) is 52.4 Å². The van der Waals surface area contributed by atoms with Gasteiger partial charge in [-0.15, -0.1) is 11.3 Å². The van der Waals surface area contributed by atoms with Gasteiger partial charge < -0.3 is 14.6 Å². The third-order valence-corrected chi connectivity index (χ3v) is 6.74. The van der Waals surface area contributed by atoms with Crippen LogP contribution in [0.1, 0.15) is 52.9 Å². The number of benzene rings is 2. The monoisotopic (exact) mass is 396 g/mol. The summed E-state index contributed by atoms with van der Waals surface area (Å²) in [5.41, 5.74) is 2.30. The first-order valence-corrected chi connectivity index (χ1v) is 10.4. The molecule has 28 heavy (non-hydrogen) atoms. The molecule has 2 atom stereocenters. The first-order valence-electron chi connectivity index (χ1n) is 9.58. The Balaban J connectivity index is 1.68. The van der Waals surface area contributed by atoms with E-state index in [2.05, 4.69) is 19.1 Å². The molecule has 1 aliphatic carbocycles. The number of aromatic carboxylic acids is 1. The fraction of sp³-hybridized carbons (Fsp3) is 0.348. The normalized spacial score (nSPS) is 19.1. The molecule has 1 fully saturated rings. The van der Waals surface area contributed by atoms with Crippen molar-refractivity contribution in [3.63, 3.8) is 0 Å². The van der Waals surface area contributed by atoms with Crippen LogP contribution in [0.4, 0.5) is 0 Å². The Morgan fingerprint density at radius 2 is 1.93 bits per heavy atom. The van der Waals surface area contributed by atoms with Crippen molar-refractivity contribution in [3.8, 4) is 17.2 Å². The van der Waals surface area contributed by atoms with Crippen LogP contribution in [0.5, 0.6) is 17.2 Å². The summed E-state index contributed by atoms with van der Waals surface area (Å²) in [6.45, 7) is 4.25. The van der Waals surface area contributed by atoms with Gasteiger partial charge in [0.15, 0.2) is 10.6 Å². The lowest BCUT2D eigenvalue weighted by Crippen LogP contribution is -1.97. The van der Waals surface area contributed by atoms with Crippen molar-refractivity contribution < 1.29 is 19.4 Å². The maximum atomic E-state index is 11.8. The van der Waals surface area contributed by atoms with Crippen LogP contribution in [0.25, 0.3) is 10.1 Å². The molecule has 146 valence electrons. The van der Waals surface area contributed by atoms with Crippen molar-refractivity contribution in [2.24, 2.45) is 5.92 Å². The van der Waals surface area contributed by atoms with Gasteiger partial charge in [-0.2, -0.15) is 0 Å². The summed E-state index contributed by atoms with van der Waals surface area (Å²) in [5.74, 6) is 2.18. The van der Waals surface area contributed by atoms with E-state index in [1.54, 1.807) is 7.11 Å². The Kier molecular flexibility index (Phi) is 5.02. The molecule has 0 radical (unpaired) electrons. The zero-order valence-electron chi connectivity index (χ0n) is 16.3. The molecule has 5 heteroatoms. The fourth-order valence-electron chi connectivity index (χ4n) is 4.10. The second-order valence-electron chi connectivity index (χ2n) is 7.67. The number of methoxy groups -OCH3 is 1. The number of ether oxygens (including phenoxy) is 2. The van der Waals surface area contributed by atoms with E-state index in [1.807, 2.05) is 31.2 Å². The molecule has 0 aliphatic heterocycles. The zero-order valence-corrected chi connectivity index (χ0v) is 17.1. The summed E-state index contributed by atoms with van der Waals surface area (Å²) < 4.78 is 12.4. The van der Waals surface area contributed by atoms with E-state index in [9.17, 15) is 9.90 Å². The number of thiophene rings is 1.